The average molecular weight is 570 g/mol. The molecular weight excluding hydrogens is 542 g/mol. The number of nitrogens with zero attached hydrogens (tertiary/aromatic N) is 2. The lowest BCUT2D eigenvalue weighted by Crippen LogP contribution is -2.37. The number of halogens is 1. The fraction of sp³-hybridized carbons (Fsp3) is 0.308. The van der Waals surface area contributed by atoms with E-state index in [2.05, 4.69) is 31.7 Å². The van der Waals surface area contributed by atoms with Crippen LogP contribution in [0.15, 0.2) is 51.5 Å². The van der Waals surface area contributed by atoms with E-state index in [-0.39, 0.29) is 30.7 Å². The molecule has 0 radical (unpaired) electrons. The number of ether oxygens (including phenoxy) is 1. The number of nitrogens with two attached hydrogens (primary N) is 1. The first-order valence-electron chi connectivity index (χ1n) is 11.7. The maximum absolute atomic E-state index is 13.0. The minimum absolute atomic E-state index is 0.0685. The fourth-order valence-corrected chi connectivity index (χ4v) is 4.66. The zero-order valence-corrected chi connectivity index (χ0v) is 22.1. The van der Waals surface area contributed by atoms with E-state index >= 15 is 0 Å². The molecular formula is C26H28BrN5O5. The van der Waals surface area contributed by atoms with Gasteiger partial charge in [-0.25, -0.2) is 0 Å². The molecule has 194 valence electrons. The van der Waals surface area contributed by atoms with Crippen LogP contribution in [0.3, 0.4) is 0 Å². The van der Waals surface area contributed by atoms with Crippen molar-refractivity contribution in [2.75, 3.05) is 20.7 Å². The number of rotatable bonds is 8. The summed E-state index contributed by atoms with van der Waals surface area (Å²) in [6.45, 7) is 0.950. The third kappa shape index (κ3) is 6.17. The molecule has 3 aromatic rings. The van der Waals surface area contributed by atoms with Crippen LogP contribution in [-0.2, 0) is 24.3 Å². The monoisotopic (exact) mass is 569 g/mol. The first kappa shape index (κ1) is 26.4. The number of amides is 3. The van der Waals surface area contributed by atoms with Gasteiger partial charge in [-0.2, -0.15) is 0 Å². The van der Waals surface area contributed by atoms with Crippen molar-refractivity contribution < 1.29 is 23.6 Å². The molecule has 0 saturated carbocycles. The van der Waals surface area contributed by atoms with Gasteiger partial charge in [0.25, 0.3) is 11.8 Å². The second kappa shape index (κ2) is 11.6. The zero-order valence-electron chi connectivity index (χ0n) is 20.5. The Morgan fingerprint density at radius 3 is 2.54 bits per heavy atom. The maximum Gasteiger partial charge on any atom is 0.251 e. The molecule has 37 heavy (non-hydrogen) atoms. The van der Waals surface area contributed by atoms with Crippen molar-refractivity contribution in [3.63, 3.8) is 0 Å². The summed E-state index contributed by atoms with van der Waals surface area (Å²) < 4.78 is 11.3. The average Bonchev–Trinajstić information content (AvgIpc) is 3.33. The second-order valence-corrected chi connectivity index (χ2v) is 9.59. The van der Waals surface area contributed by atoms with E-state index in [1.807, 2.05) is 24.3 Å². The van der Waals surface area contributed by atoms with E-state index in [0.29, 0.717) is 46.6 Å². The molecule has 3 amide bonds. The van der Waals surface area contributed by atoms with Crippen LogP contribution in [0.1, 0.15) is 55.8 Å². The minimum Gasteiger partial charge on any atom is -0.497 e. The number of carbonyl (C=O) groups is 3. The second-order valence-electron chi connectivity index (χ2n) is 8.67. The molecule has 11 heteroatoms. The van der Waals surface area contributed by atoms with Crippen LogP contribution >= 0.6 is 15.9 Å². The van der Waals surface area contributed by atoms with Crippen molar-refractivity contribution in [2.45, 2.75) is 32.0 Å². The Morgan fingerprint density at radius 2 is 1.86 bits per heavy atom. The van der Waals surface area contributed by atoms with Crippen molar-refractivity contribution >= 4 is 33.7 Å². The molecule has 1 aliphatic heterocycles. The minimum atomic E-state index is -0.439. The van der Waals surface area contributed by atoms with Crippen molar-refractivity contribution in [3.8, 4) is 5.75 Å². The van der Waals surface area contributed by atoms with Crippen molar-refractivity contribution in [1.82, 2.24) is 20.7 Å². The molecule has 1 aliphatic rings. The van der Waals surface area contributed by atoms with Gasteiger partial charge in [0.15, 0.2) is 0 Å². The number of hydrogen-bond acceptors (Lipinski definition) is 7. The quantitative estimate of drug-likeness (QED) is 0.379. The molecule has 2 aromatic carbocycles. The van der Waals surface area contributed by atoms with Crippen LogP contribution in [0.5, 0.6) is 5.75 Å². The van der Waals surface area contributed by atoms with Crippen molar-refractivity contribution in [1.29, 1.82) is 0 Å². The SMILES string of the molecule is CNC(=O)c1cc(Br)cc(C(=O)NCc2noc3c2CN(C(=O)C[C@H](N)c2ccc(OC)cc2)CC3)c1. The van der Waals surface area contributed by atoms with E-state index < -0.39 is 6.04 Å². The fourth-order valence-electron chi connectivity index (χ4n) is 4.16. The molecule has 0 aliphatic carbocycles. The summed E-state index contributed by atoms with van der Waals surface area (Å²) in [5.74, 6) is 0.706. The van der Waals surface area contributed by atoms with E-state index in [1.54, 1.807) is 24.1 Å². The van der Waals surface area contributed by atoms with E-state index in [4.69, 9.17) is 15.0 Å². The Kier molecular flexibility index (Phi) is 8.24. The van der Waals surface area contributed by atoms with Gasteiger partial charge in [-0.1, -0.05) is 33.2 Å². The Bertz CT molecular complexity index is 1310. The lowest BCUT2D eigenvalue weighted by molar-refractivity contribution is -0.132. The lowest BCUT2D eigenvalue weighted by atomic mass is 10.0. The van der Waals surface area contributed by atoms with E-state index in [1.165, 1.54) is 13.1 Å². The number of nitrogens with one attached hydrogen (secondary N) is 2. The highest BCUT2D eigenvalue weighted by molar-refractivity contribution is 9.10. The number of benzene rings is 2. The highest BCUT2D eigenvalue weighted by atomic mass is 79.9. The number of fused-ring (bicyclic) bond motifs is 1. The number of carbonyl (C=O) groups excluding carboxylic acids is 3. The lowest BCUT2D eigenvalue weighted by Gasteiger charge is -2.27. The molecule has 0 saturated heterocycles. The summed E-state index contributed by atoms with van der Waals surface area (Å²) >= 11 is 3.34. The van der Waals surface area contributed by atoms with Gasteiger partial charge in [-0.05, 0) is 35.9 Å². The van der Waals surface area contributed by atoms with Crippen LogP contribution in [0.4, 0.5) is 0 Å². The zero-order chi connectivity index (χ0) is 26.5. The highest BCUT2D eigenvalue weighted by Crippen LogP contribution is 2.25. The molecule has 1 aromatic heterocycles. The molecule has 4 N–H and O–H groups in total. The van der Waals surface area contributed by atoms with Gasteiger partial charge in [-0.3, -0.25) is 14.4 Å². The third-order valence-electron chi connectivity index (χ3n) is 6.27. The van der Waals surface area contributed by atoms with Crippen LogP contribution in [0.25, 0.3) is 0 Å². The van der Waals surface area contributed by atoms with Gasteiger partial charge in [0, 0.05) is 53.6 Å². The normalized spacial score (nSPS) is 13.5. The highest BCUT2D eigenvalue weighted by Gasteiger charge is 2.28. The standard InChI is InChI=1S/C26H28BrN5O5/c1-29-25(34)16-9-17(11-18(27)10-16)26(35)30-13-22-20-14-32(8-7-23(20)37-31-22)24(33)12-21(28)15-3-5-19(36-2)6-4-15/h3-6,9-11,21H,7-8,12-14,28H2,1-2H3,(H,29,34)(H,30,35)/t21-/m0/s1. The Hall–Kier alpha value is -3.70. The Morgan fingerprint density at radius 1 is 1.16 bits per heavy atom. The third-order valence-corrected chi connectivity index (χ3v) is 6.72. The van der Waals surface area contributed by atoms with Gasteiger partial charge in [0.2, 0.25) is 5.91 Å². The van der Waals surface area contributed by atoms with Crippen molar-refractivity contribution in [3.05, 3.63) is 80.6 Å². The Labute approximate surface area is 222 Å². The molecule has 0 unspecified atom stereocenters. The first-order chi connectivity index (χ1) is 17.8. The Balaban J connectivity index is 1.38. The molecule has 0 spiro atoms. The smallest absolute Gasteiger partial charge is 0.251 e. The predicted octanol–water partition coefficient (Wildman–Crippen LogP) is 2.71. The number of hydrogen-bond donors (Lipinski definition) is 3. The molecule has 0 fully saturated rings. The molecule has 1 atom stereocenters. The molecule has 0 bridgehead atoms. The summed E-state index contributed by atoms with van der Waals surface area (Å²) in [4.78, 5) is 39.5. The van der Waals surface area contributed by atoms with Crippen molar-refractivity contribution in [2.24, 2.45) is 5.73 Å². The van der Waals surface area contributed by atoms with Crippen LogP contribution in [0.2, 0.25) is 0 Å². The van der Waals surface area contributed by atoms with Crippen LogP contribution in [-0.4, -0.2) is 48.5 Å². The van der Waals surface area contributed by atoms with Gasteiger partial charge in [-0.15, -0.1) is 0 Å². The predicted molar refractivity (Wildman–Crippen MR) is 139 cm³/mol. The van der Waals surface area contributed by atoms with Gasteiger partial charge in [0.05, 0.1) is 20.2 Å². The van der Waals surface area contributed by atoms with Gasteiger partial charge >= 0.3 is 0 Å². The summed E-state index contributed by atoms with van der Waals surface area (Å²) in [5.41, 5.74) is 9.18. The number of aromatic nitrogens is 1. The van der Waals surface area contributed by atoms with Gasteiger partial charge < -0.3 is 30.5 Å². The largest absolute Gasteiger partial charge is 0.497 e. The summed E-state index contributed by atoms with van der Waals surface area (Å²) in [6.07, 6.45) is 0.691. The topological polar surface area (TPSA) is 140 Å². The van der Waals surface area contributed by atoms with Gasteiger partial charge in [0.1, 0.15) is 17.2 Å². The molecule has 10 nitrogen and oxygen atoms in total. The summed E-state index contributed by atoms with van der Waals surface area (Å²) in [7, 11) is 3.12. The van der Waals surface area contributed by atoms with E-state index in [9.17, 15) is 14.4 Å². The van der Waals surface area contributed by atoms with E-state index in [0.717, 1.165) is 16.9 Å². The van der Waals surface area contributed by atoms with Crippen LogP contribution < -0.4 is 21.1 Å². The summed E-state index contributed by atoms with van der Waals surface area (Å²) in [6, 6.07) is 11.7. The molecule has 4 rings (SSSR count). The maximum atomic E-state index is 13.0. The molecule has 2 heterocycles. The summed E-state index contributed by atoms with van der Waals surface area (Å²) in [5, 5.41) is 9.49. The number of methoxy groups -OCH3 is 1. The van der Waals surface area contributed by atoms with Crippen LogP contribution in [0, 0.1) is 0 Å². The first-order valence-corrected chi connectivity index (χ1v) is 12.5.